The minimum Gasteiger partial charge on any atom is -0.435 e. The van der Waals surface area contributed by atoms with Crippen LogP contribution in [-0.2, 0) is 7.05 Å². The van der Waals surface area contributed by atoms with Crippen molar-refractivity contribution in [1.82, 2.24) is 19.7 Å². The smallest absolute Gasteiger partial charge is 0.227 e. The molecule has 0 fully saturated rings. The van der Waals surface area contributed by atoms with Gasteiger partial charge in [-0.2, -0.15) is 10.1 Å². The van der Waals surface area contributed by atoms with Crippen LogP contribution in [0.15, 0.2) is 18.6 Å². The fraction of sp³-hybridized carbons (Fsp3) is 0.222. The Morgan fingerprint density at radius 2 is 2.20 bits per heavy atom. The molecule has 0 aliphatic carbocycles. The van der Waals surface area contributed by atoms with Gasteiger partial charge in [-0.15, -0.1) is 0 Å². The summed E-state index contributed by atoms with van der Waals surface area (Å²) >= 11 is 0. The lowest BCUT2D eigenvalue weighted by atomic mass is 10.4. The third-order valence-corrected chi connectivity index (χ3v) is 1.84. The van der Waals surface area contributed by atoms with Gasteiger partial charge in [0.1, 0.15) is 0 Å². The standard InChI is InChI=1S/C9H11N5O/c1-6-3-11-9(10)13-8(6)15-7-4-12-14(2)5-7/h3-5H,1-2H3,(H2,10,11,13). The highest BCUT2D eigenvalue weighted by Gasteiger charge is 2.05. The number of nitrogen functional groups attached to an aromatic ring is 1. The Bertz CT molecular complexity index is 479. The first-order valence-electron chi connectivity index (χ1n) is 4.41. The number of anilines is 1. The topological polar surface area (TPSA) is 78.8 Å². The van der Waals surface area contributed by atoms with E-state index in [1.165, 1.54) is 0 Å². The van der Waals surface area contributed by atoms with Crippen molar-refractivity contribution in [3.05, 3.63) is 24.2 Å². The van der Waals surface area contributed by atoms with Gasteiger partial charge >= 0.3 is 0 Å². The van der Waals surface area contributed by atoms with Crippen LogP contribution in [-0.4, -0.2) is 19.7 Å². The summed E-state index contributed by atoms with van der Waals surface area (Å²) < 4.78 is 7.14. The number of nitrogens with zero attached hydrogens (tertiary/aromatic N) is 4. The molecule has 2 aromatic rings. The SMILES string of the molecule is Cc1cnc(N)nc1Oc1cnn(C)c1. The number of hydrogen-bond acceptors (Lipinski definition) is 5. The maximum Gasteiger partial charge on any atom is 0.227 e. The summed E-state index contributed by atoms with van der Waals surface area (Å²) in [6.07, 6.45) is 4.98. The largest absolute Gasteiger partial charge is 0.435 e. The van der Waals surface area contributed by atoms with Crippen molar-refractivity contribution in [2.75, 3.05) is 5.73 Å². The molecule has 0 aliphatic heterocycles. The van der Waals surface area contributed by atoms with Gasteiger partial charge in [0, 0.05) is 18.8 Å². The number of aryl methyl sites for hydroxylation is 2. The molecule has 0 saturated heterocycles. The van der Waals surface area contributed by atoms with Gasteiger partial charge in [0.15, 0.2) is 5.75 Å². The maximum absolute atomic E-state index is 5.50. The first-order chi connectivity index (χ1) is 7.15. The Labute approximate surface area is 86.7 Å². The minimum absolute atomic E-state index is 0.194. The highest BCUT2D eigenvalue weighted by atomic mass is 16.5. The minimum atomic E-state index is 0.194. The van der Waals surface area contributed by atoms with Gasteiger partial charge in [-0.25, -0.2) is 4.98 Å². The number of nitrogens with two attached hydrogens (primary N) is 1. The predicted molar refractivity (Wildman–Crippen MR) is 54.5 cm³/mol. The molecule has 2 rings (SSSR count). The molecule has 6 nitrogen and oxygen atoms in total. The molecular weight excluding hydrogens is 194 g/mol. The van der Waals surface area contributed by atoms with E-state index in [-0.39, 0.29) is 5.95 Å². The fourth-order valence-electron chi connectivity index (χ4n) is 1.11. The molecule has 0 bridgehead atoms. The van der Waals surface area contributed by atoms with Crippen LogP contribution in [0.3, 0.4) is 0 Å². The van der Waals surface area contributed by atoms with Crippen LogP contribution in [0, 0.1) is 6.92 Å². The van der Waals surface area contributed by atoms with Gasteiger partial charge in [-0.1, -0.05) is 0 Å². The average Bonchev–Trinajstić information content (AvgIpc) is 2.58. The third-order valence-electron chi connectivity index (χ3n) is 1.84. The molecule has 0 aliphatic rings. The van der Waals surface area contributed by atoms with Crippen molar-refractivity contribution >= 4 is 5.95 Å². The predicted octanol–water partition coefficient (Wildman–Crippen LogP) is 0.893. The van der Waals surface area contributed by atoms with Crippen molar-refractivity contribution in [3.63, 3.8) is 0 Å². The lowest BCUT2D eigenvalue weighted by Gasteiger charge is -2.04. The van der Waals surface area contributed by atoms with Crippen LogP contribution in [0.5, 0.6) is 11.6 Å². The summed E-state index contributed by atoms with van der Waals surface area (Å²) in [5, 5.41) is 3.98. The van der Waals surface area contributed by atoms with Crippen molar-refractivity contribution in [1.29, 1.82) is 0 Å². The molecule has 0 unspecified atom stereocenters. The summed E-state index contributed by atoms with van der Waals surface area (Å²) in [5.41, 5.74) is 6.29. The molecule has 0 atom stereocenters. The Balaban J connectivity index is 2.27. The van der Waals surface area contributed by atoms with Gasteiger partial charge in [-0.05, 0) is 6.92 Å². The Hall–Kier alpha value is -2.11. The zero-order chi connectivity index (χ0) is 10.8. The van der Waals surface area contributed by atoms with Gasteiger partial charge < -0.3 is 10.5 Å². The van der Waals surface area contributed by atoms with Crippen LogP contribution in [0.25, 0.3) is 0 Å². The van der Waals surface area contributed by atoms with Gasteiger partial charge in [0.2, 0.25) is 11.8 Å². The molecule has 6 heteroatoms. The first kappa shape index (κ1) is 9.45. The van der Waals surface area contributed by atoms with E-state index >= 15 is 0 Å². The van der Waals surface area contributed by atoms with Crippen LogP contribution < -0.4 is 10.5 Å². The second-order valence-corrected chi connectivity index (χ2v) is 3.17. The zero-order valence-electron chi connectivity index (χ0n) is 8.51. The molecule has 0 radical (unpaired) electrons. The van der Waals surface area contributed by atoms with E-state index in [1.807, 2.05) is 14.0 Å². The van der Waals surface area contributed by atoms with Crippen LogP contribution in [0.4, 0.5) is 5.95 Å². The van der Waals surface area contributed by atoms with E-state index < -0.39 is 0 Å². The summed E-state index contributed by atoms with van der Waals surface area (Å²) in [7, 11) is 1.81. The van der Waals surface area contributed by atoms with E-state index in [9.17, 15) is 0 Å². The molecule has 2 aromatic heterocycles. The molecule has 0 spiro atoms. The van der Waals surface area contributed by atoms with Crippen molar-refractivity contribution in [2.24, 2.45) is 7.05 Å². The number of rotatable bonds is 2. The summed E-state index contributed by atoms with van der Waals surface area (Å²) in [5.74, 6) is 1.27. The summed E-state index contributed by atoms with van der Waals surface area (Å²) in [4.78, 5) is 7.84. The van der Waals surface area contributed by atoms with Crippen molar-refractivity contribution in [2.45, 2.75) is 6.92 Å². The van der Waals surface area contributed by atoms with Gasteiger partial charge in [-0.3, -0.25) is 4.68 Å². The number of ether oxygens (including phenoxy) is 1. The molecule has 15 heavy (non-hydrogen) atoms. The maximum atomic E-state index is 5.50. The Morgan fingerprint density at radius 3 is 2.87 bits per heavy atom. The summed E-state index contributed by atoms with van der Waals surface area (Å²) in [6, 6.07) is 0. The Kier molecular flexibility index (Phi) is 2.24. The normalized spacial score (nSPS) is 10.3. The van der Waals surface area contributed by atoms with Crippen LogP contribution in [0.2, 0.25) is 0 Å². The second-order valence-electron chi connectivity index (χ2n) is 3.17. The lowest BCUT2D eigenvalue weighted by molar-refractivity contribution is 0.458. The Morgan fingerprint density at radius 1 is 1.40 bits per heavy atom. The van der Waals surface area contributed by atoms with Crippen molar-refractivity contribution in [3.8, 4) is 11.6 Å². The van der Waals surface area contributed by atoms with E-state index in [0.29, 0.717) is 11.6 Å². The highest BCUT2D eigenvalue weighted by Crippen LogP contribution is 2.21. The van der Waals surface area contributed by atoms with Crippen LogP contribution in [0.1, 0.15) is 5.56 Å². The molecule has 0 aromatic carbocycles. The quantitative estimate of drug-likeness (QED) is 0.787. The van der Waals surface area contributed by atoms with E-state index in [1.54, 1.807) is 23.3 Å². The molecule has 0 saturated carbocycles. The molecule has 2 heterocycles. The molecule has 2 N–H and O–H groups in total. The first-order valence-corrected chi connectivity index (χ1v) is 4.41. The van der Waals surface area contributed by atoms with E-state index in [2.05, 4.69) is 15.1 Å². The molecule has 0 amide bonds. The fourth-order valence-corrected chi connectivity index (χ4v) is 1.11. The summed E-state index contributed by atoms with van der Waals surface area (Å²) in [6.45, 7) is 1.85. The monoisotopic (exact) mass is 205 g/mol. The van der Waals surface area contributed by atoms with E-state index in [4.69, 9.17) is 10.5 Å². The molecular formula is C9H11N5O. The van der Waals surface area contributed by atoms with Gasteiger partial charge in [0.05, 0.1) is 12.4 Å². The average molecular weight is 205 g/mol. The van der Waals surface area contributed by atoms with Crippen LogP contribution >= 0.6 is 0 Å². The lowest BCUT2D eigenvalue weighted by Crippen LogP contribution is -1.98. The molecule has 78 valence electrons. The van der Waals surface area contributed by atoms with Gasteiger partial charge in [0.25, 0.3) is 0 Å². The highest BCUT2D eigenvalue weighted by molar-refractivity contribution is 5.32. The number of hydrogen-bond donors (Lipinski definition) is 1. The third kappa shape index (κ3) is 2.04. The second kappa shape index (κ2) is 3.56. The van der Waals surface area contributed by atoms with E-state index in [0.717, 1.165) is 5.56 Å². The zero-order valence-corrected chi connectivity index (χ0v) is 8.51. The van der Waals surface area contributed by atoms with Crippen molar-refractivity contribution < 1.29 is 4.74 Å². The number of aromatic nitrogens is 4.